The van der Waals surface area contributed by atoms with Crippen molar-refractivity contribution in [1.82, 2.24) is 0 Å². The lowest BCUT2D eigenvalue weighted by Gasteiger charge is -2.18. The van der Waals surface area contributed by atoms with Gasteiger partial charge in [-0.15, -0.1) is 0 Å². The van der Waals surface area contributed by atoms with Gasteiger partial charge in [-0.05, 0) is 5.53 Å². The van der Waals surface area contributed by atoms with E-state index in [0.29, 0.717) is 0 Å². The first kappa shape index (κ1) is 13.8. The monoisotopic (exact) mass is 219 g/mol. The summed E-state index contributed by atoms with van der Waals surface area (Å²) < 4.78 is 4.66. The van der Waals surface area contributed by atoms with Crippen LogP contribution < -0.4 is 0 Å². The second kappa shape index (κ2) is 7.16. The maximum Gasteiger partial charge on any atom is 0.192 e. The number of nitrogens with zero attached hydrogens (tertiary/aromatic N) is 3. The Morgan fingerprint density at radius 3 is 2.60 bits per heavy atom. The fourth-order valence-electron chi connectivity index (χ4n) is 0.871. The van der Waals surface area contributed by atoms with E-state index >= 15 is 0 Å². The highest BCUT2D eigenvalue weighted by atomic mass is 16.5. The quantitative estimate of drug-likeness (QED) is 0.274. The molecular formula is C7H13N3O5. The molecule has 0 aromatic heterocycles. The minimum Gasteiger partial charge on any atom is -0.394 e. The van der Waals surface area contributed by atoms with Gasteiger partial charge in [0.2, 0.25) is 0 Å². The van der Waals surface area contributed by atoms with Gasteiger partial charge >= 0.3 is 0 Å². The number of ether oxygens (including phenoxy) is 1. The number of methoxy groups -OCH3 is 1. The highest BCUT2D eigenvalue weighted by Crippen LogP contribution is 2.02. The zero-order chi connectivity index (χ0) is 11.8. The molecule has 2 unspecified atom stereocenters. The van der Waals surface area contributed by atoms with E-state index in [9.17, 15) is 9.90 Å². The van der Waals surface area contributed by atoms with Gasteiger partial charge in [-0.3, -0.25) is 4.79 Å². The number of hydrogen-bond donors (Lipinski definition) is 3. The van der Waals surface area contributed by atoms with Crippen LogP contribution in [0, 0.1) is 0 Å². The van der Waals surface area contributed by atoms with E-state index < -0.39 is 30.7 Å². The molecule has 3 atom stereocenters. The number of hydrogen-bond acceptors (Lipinski definition) is 6. The molecule has 0 amide bonds. The van der Waals surface area contributed by atoms with Crippen LogP contribution in [0.5, 0.6) is 0 Å². The molecule has 0 rings (SSSR count). The molecule has 0 saturated heterocycles. The molecule has 0 fully saturated rings. The molecule has 86 valence electrons. The van der Waals surface area contributed by atoms with Crippen molar-refractivity contribution in [3.05, 3.63) is 10.4 Å². The molecule has 0 aromatic carbocycles. The van der Waals surface area contributed by atoms with E-state index in [0.717, 1.165) is 0 Å². The van der Waals surface area contributed by atoms with Crippen LogP contribution in [0.4, 0.5) is 0 Å². The first-order valence-electron chi connectivity index (χ1n) is 4.12. The summed E-state index contributed by atoms with van der Waals surface area (Å²) in [4.78, 5) is 13.8. The summed E-state index contributed by atoms with van der Waals surface area (Å²) in [5, 5.41) is 29.8. The van der Waals surface area contributed by atoms with Crippen molar-refractivity contribution in [1.29, 1.82) is 0 Å². The van der Waals surface area contributed by atoms with Crippen molar-refractivity contribution >= 4 is 5.78 Å². The third kappa shape index (κ3) is 4.24. The molecule has 3 N–H and O–H groups in total. The summed E-state index contributed by atoms with van der Waals surface area (Å²) in [6.07, 6.45) is -4.45. The van der Waals surface area contributed by atoms with E-state index in [4.69, 9.17) is 15.7 Å². The molecule has 8 nitrogen and oxygen atoms in total. The van der Waals surface area contributed by atoms with Crippen LogP contribution >= 0.6 is 0 Å². The van der Waals surface area contributed by atoms with Gasteiger partial charge < -0.3 is 20.1 Å². The van der Waals surface area contributed by atoms with Crippen LogP contribution in [0.3, 0.4) is 0 Å². The molecule has 0 aliphatic carbocycles. The van der Waals surface area contributed by atoms with Gasteiger partial charge in [0.25, 0.3) is 0 Å². The molecule has 15 heavy (non-hydrogen) atoms. The Morgan fingerprint density at radius 2 is 2.20 bits per heavy atom. The summed E-state index contributed by atoms with van der Waals surface area (Å²) >= 11 is 0. The lowest BCUT2D eigenvalue weighted by atomic mass is 10.1. The predicted molar refractivity (Wildman–Crippen MR) is 48.9 cm³/mol. The Labute approximate surface area is 85.7 Å². The fourth-order valence-corrected chi connectivity index (χ4v) is 0.871. The van der Waals surface area contributed by atoms with Crippen molar-refractivity contribution < 1.29 is 24.9 Å². The first-order chi connectivity index (χ1) is 7.08. The molecule has 0 heterocycles. The van der Waals surface area contributed by atoms with Gasteiger partial charge in [0, 0.05) is 12.0 Å². The summed E-state index contributed by atoms with van der Waals surface area (Å²) in [6.45, 7) is -1.02. The van der Waals surface area contributed by atoms with Crippen LogP contribution in [-0.4, -0.2) is 59.7 Å². The average molecular weight is 219 g/mol. The summed E-state index contributed by atoms with van der Waals surface area (Å²) in [7, 11) is 1.20. The van der Waals surface area contributed by atoms with Gasteiger partial charge in [-0.25, -0.2) is 0 Å². The SMILES string of the molecule is CO[C@@H](CN=[N+]=[N-])C(=O)C(O)C(O)CO. The van der Waals surface area contributed by atoms with E-state index in [1.165, 1.54) is 7.11 Å². The number of aliphatic hydroxyl groups is 3. The summed E-state index contributed by atoms with van der Waals surface area (Å²) in [5.41, 5.74) is 8.03. The van der Waals surface area contributed by atoms with E-state index in [2.05, 4.69) is 14.8 Å². The van der Waals surface area contributed by atoms with E-state index in [1.54, 1.807) is 0 Å². The molecule has 0 aliphatic rings. The molecule has 0 aromatic rings. The van der Waals surface area contributed by atoms with Gasteiger partial charge in [0.1, 0.15) is 18.3 Å². The third-order valence-corrected chi connectivity index (χ3v) is 1.76. The molecule has 0 spiro atoms. The lowest BCUT2D eigenvalue weighted by Crippen LogP contribution is -2.43. The standard InChI is InChI=1S/C7H13N3O5/c1-15-5(2-9-10-8)7(14)6(13)4(12)3-11/h4-6,11-13H,2-3H2,1H3/t4?,5-,6?/m0/s1. The first-order valence-corrected chi connectivity index (χ1v) is 4.12. The van der Waals surface area contributed by atoms with Gasteiger partial charge in [-0.1, -0.05) is 5.11 Å². The van der Waals surface area contributed by atoms with E-state index in [-0.39, 0.29) is 6.54 Å². The number of aliphatic hydroxyl groups excluding tert-OH is 3. The van der Waals surface area contributed by atoms with Crippen LogP contribution in [0.25, 0.3) is 10.4 Å². The Hall–Kier alpha value is -1.18. The van der Waals surface area contributed by atoms with Crippen molar-refractivity contribution in [2.45, 2.75) is 18.3 Å². The molecule has 8 heteroatoms. The number of carbonyl (C=O) groups is 1. The van der Waals surface area contributed by atoms with Crippen LogP contribution in [-0.2, 0) is 9.53 Å². The number of azide groups is 1. The van der Waals surface area contributed by atoms with Crippen molar-refractivity contribution in [3.63, 3.8) is 0 Å². The van der Waals surface area contributed by atoms with Crippen LogP contribution in [0.2, 0.25) is 0 Å². The van der Waals surface area contributed by atoms with Gasteiger partial charge in [0.05, 0.1) is 13.2 Å². The molecule has 0 aliphatic heterocycles. The van der Waals surface area contributed by atoms with Crippen LogP contribution in [0.1, 0.15) is 0 Å². The number of ketones is 1. The third-order valence-electron chi connectivity index (χ3n) is 1.76. The minimum atomic E-state index is -1.76. The summed E-state index contributed by atoms with van der Waals surface area (Å²) in [5.74, 6) is -0.841. The van der Waals surface area contributed by atoms with Gasteiger partial charge in [0.15, 0.2) is 5.78 Å². The fraction of sp³-hybridized carbons (Fsp3) is 0.857. The van der Waals surface area contributed by atoms with Crippen molar-refractivity contribution in [2.24, 2.45) is 5.11 Å². The zero-order valence-electron chi connectivity index (χ0n) is 8.15. The maximum absolute atomic E-state index is 11.4. The lowest BCUT2D eigenvalue weighted by molar-refractivity contribution is -0.144. The molecular weight excluding hydrogens is 206 g/mol. The summed E-state index contributed by atoms with van der Waals surface area (Å²) in [6, 6.07) is 0. The minimum absolute atomic E-state index is 0.277. The molecule has 0 saturated carbocycles. The Kier molecular flexibility index (Phi) is 6.59. The second-order valence-corrected chi connectivity index (χ2v) is 2.73. The Bertz CT molecular complexity index is 253. The molecule has 0 bridgehead atoms. The highest BCUT2D eigenvalue weighted by Gasteiger charge is 2.29. The Morgan fingerprint density at radius 1 is 1.60 bits per heavy atom. The molecule has 0 radical (unpaired) electrons. The number of Topliss-reactive ketones (excluding diaryl/α,β-unsaturated/α-hetero) is 1. The number of carbonyl (C=O) groups excluding carboxylic acids is 1. The van der Waals surface area contributed by atoms with Crippen LogP contribution in [0.15, 0.2) is 5.11 Å². The van der Waals surface area contributed by atoms with Crippen molar-refractivity contribution in [2.75, 3.05) is 20.3 Å². The van der Waals surface area contributed by atoms with E-state index in [1.807, 2.05) is 0 Å². The smallest absolute Gasteiger partial charge is 0.192 e. The number of rotatable bonds is 7. The Balaban J connectivity index is 4.42. The second-order valence-electron chi connectivity index (χ2n) is 2.73. The van der Waals surface area contributed by atoms with Gasteiger partial charge in [-0.2, -0.15) is 0 Å². The normalized spacial score (nSPS) is 16.3. The average Bonchev–Trinajstić information content (AvgIpc) is 2.27. The topological polar surface area (TPSA) is 136 Å². The maximum atomic E-state index is 11.4. The largest absolute Gasteiger partial charge is 0.394 e. The predicted octanol–water partition coefficient (Wildman–Crippen LogP) is -1.41. The van der Waals surface area contributed by atoms with Crippen molar-refractivity contribution in [3.8, 4) is 0 Å². The zero-order valence-corrected chi connectivity index (χ0v) is 8.15. The highest BCUT2D eigenvalue weighted by molar-refractivity contribution is 5.88.